The van der Waals surface area contributed by atoms with Gasteiger partial charge in [-0.2, -0.15) is 0 Å². The number of aryl methyl sites for hydroxylation is 1. The number of piperidine rings is 1. The number of aromatic amines is 1. The Labute approximate surface area is 193 Å². The molecule has 1 aliphatic rings. The van der Waals surface area contributed by atoms with E-state index in [0.29, 0.717) is 17.0 Å². The van der Waals surface area contributed by atoms with Crippen molar-refractivity contribution in [3.05, 3.63) is 53.6 Å². The van der Waals surface area contributed by atoms with Crippen LogP contribution in [0.2, 0.25) is 0 Å². The van der Waals surface area contributed by atoms with Gasteiger partial charge in [-0.15, -0.1) is 0 Å². The van der Waals surface area contributed by atoms with E-state index in [1.54, 1.807) is 24.4 Å². The molecule has 3 heterocycles. The highest BCUT2D eigenvalue weighted by Crippen LogP contribution is 2.33. The van der Waals surface area contributed by atoms with Crippen LogP contribution in [-0.4, -0.2) is 47.0 Å². The predicted octanol–water partition coefficient (Wildman–Crippen LogP) is 4.04. The molecule has 3 aromatic rings. The first-order valence-electron chi connectivity index (χ1n) is 11.3. The minimum absolute atomic E-state index is 0.0198. The van der Waals surface area contributed by atoms with Gasteiger partial charge in [0.25, 0.3) is 0 Å². The third-order valence-corrected chi connectivity index (χ3v) is 6.50. The number of pyridine rings is 1. The van der Waals surface area contributed by atoms with Crippen molar-refractivity contribution in [2.24, 2.45) is 11.1 Å². The van der Waals surface area contributed by atoms with Crippen LogP contribution in [-0.2, 0) is 4.79 Å². The van der Waals surface area contributed by atoms with E-state index in [1.165, 1.54) is 6.07 Å². The van der Waals surface area contributed by atoms with Crippen molar-refractivity contribution in [2.45, 2.75) is 45.7 Å². The molecule has 4 rings (SSSR count). The first kappa shape index (κ1) is 23.2. The Bertz CT molecular complexity index is 1160. The van der Waals surface area contributed by atoms with Gasteiger partial charge in [0.2, 0.25) is 5.91 Å². The van der Waals surface area contributed by atoms with Gasteiger partial charge in [0.05, 0.1) is 5.39 Å². The maximum absolute atomic E-state index is 14.9. The zero-order valence-electron chi connectivity index (χ0n) is 19.6. The third-order valence-electron chi connectivity index (χ3n) is 6.50. The van der Waals surface area contributed by atoms with Crippen LogP contribution in [0.3, 0.4) is 0 Å². The number of carbonyl (C=O) groups excluding carboxylic acids is 1. The minimum atomic E-state index is -0.609. The summed E-state index contributed by atoms with van der Waals surface area (Å²) in [4.78, 5) is 22.3. The Kier molecular flexibility index (Phi) is 6.41. The number of halogens is 1. The average Bonchev–Trinajstić information content (AvgIpc) is 3.13. The Morgan fingerprint density at radius 3 is 2.91 bits per heavy atom. The van der Waals surface area contributed by atoms with Gasteiger partial charge in [0.15, 0.2) is 11.6 Å². The minimum Gasteiger partial charge on any atom is -0.453 e. The summed E-state index contributed by atoms with van der Waals surface area (Å²) in [5, 5.41) is 3.95. The second-order valence-corrected chi connectivity index (χ2v) is 9.74. The van der Waals surface area contributed by atoms with Crippen molar-refractivity contribution < 1.29 is 13.9 Å². The van der Waals surface area contributed by atoms with Crippen molar-refractivity contribution in [2.75, 3.05) is 20.1 Å². The monoisotopic (exact) mass is 453 g/mol. The van der Waals surface area contributed by atoms with Crippen molar-refractivity contribution in [1.82, 2.24) is 20.2 Å². The maximum Gasteiger partial charge on any atom is 0.222 e. The summed E-state index contributed by atoms with van der Waals surface area (Å²) in [6.45, 7) is 8.12. The molecule has 1 saturated heterocycles. The molecule has 0 bridgehead atoms. The first-order valence-corrected chi connectivity index (χ1v) is 11.3. The molecule has 33 heavy (non-hydrogen) atoms. The van der Waals surface area contributed by atoms with Gasteiger partial charge in [-0.1, -0.05) is 19.9 Å². The number of likely N-dealkylation sites (tertiary alicyclic amines) is 1. The number of carbonyl (C=O) groups is 1. The van der Waals surface area contributed by atoms with Crippen LogP contribution in [0.15, 0.2) is 36.7 Å². The number of rotatable bonds is 6. The highest BCUT2D eigenvalue weighted by Gasteiger charge is 2.35. The zero-order valence-corrected chi connectivity index (χ0v) is 19.6. The molecule has 0 aliphatic carbocycles. The average molecular weight is 454 g/mol. The van der Waals surface area contributed by atoms with Gasteiger partial charge in [-0.05, 0) is 61.7 Å². The van der Waals surface area contributed by atoms with Crippen molar-refractivity contribution >= 4 is 16.9 Å². The van der Waals surface area contributed by atoms with Gasteiger partial charge in [0.1, 0.15) is 11.4 Å². The van der Waals surface area contributed by atoms with E-state index in [4.69, 9.17) is 10.5 Å². The molecule has 176 valence electrons. The number of aromatic nitrogens is 2. The summed E-state index contributed by atoms with van der Waals surface area (Å²) in [5.74, 6) is -0.0303. The van der Waals surface area contributed by atoms with Crippen LogP contribution in [0.5, 0.6) is 11.5 Å². The number of nitrogens with one attached hydrogen (secondary N) is 2. The quantitative estimate of drug-likeness (QED) is 0.524. The van der Waals surface area contributed by atoms with E-state index in [0.717, 1.165) is 30.5 Å². The lowest BCUT2D eigenvalue weighted by Gasteiger charge is -2.43. The number of nitrogens with zero attached hydrogens (tertiary/aromatic N) is 2. The molecule has 0 radical (unpaired) electrons. The lowest BCUT2D eigenvalue weighted by molar-refractivity contribution is -0.123. The summed E-state index contributed by atoms with van der Waals surface area (Å²) in [5.41, 5.74) is 8.43. The summed E-state index contributed by atoms with van der Waals surface area (Å²) in [7, 11) is 2.09. The van der Waals surface area contributed by atoms with Gasteiger partial charge in [0, 0.05) is 37.4 Å². The number of H-pyrrole nitrogens is 1. The van der Waals surface area contributed by atoms with Crippen LogP contribution >= 0.6 is 0 Å². The normalized spacial score (nSPS) is 19.4. The molecule has 0 spiro atoms. The summed E-state index contributed by atoms with van der Waals surface area (Å²) < 4.78 is 20.7. The SMILES string of the molecule is Cc1c[nH]c2nccc(Oc3ccc(C(N)CC(=O)NC4CCN(C)CC4(C)C)cc3F)c12. The lowest BCUT2D eigenvalue weighted by Crippen LogP contribution is -2.54. The third kappa shape index (κ3) is 5.02. The summed E-state index contributed by atoms with van der Waals surface area (Å²) in [6.07, 6.45) is 4.43. The van der Waals surface area contributed by atoms with E-state index in [9.17, 15) is 9.18 Å². The molecule has 1 aliphatic heterocycles. The number of hydrogen-bond acceptors (Lipinski definition) is 5. The number of hydrogen-bond donors (Lipinski definition) is 3. The number of fused-ring (bicyclic) bond motifs is 1. The Balaban J connectivity index is 1.42. The van der Waals surface area contributed by atoms with E-state index in [1.807, 2.05) is 13.1 Å². The Morgan fingerprint density at radius 2 is 2.18 bits per heavy atom. The number of benzene rings is 1. The van der Waals surface area contributed by atoms with Crippen molar-refractivity contribution in [1.29, 1.82) is 0 Å². The van der Waals surface area contributed by atoms with Crippen molar-refractivity contribution in [3.63, 3.8) is 0 Å². The molecule has 0 saturated carbocycles. The maximum atomic E-state index is 14.9. The van der Waals surface area contributed by atoms with E-state index >= 15 is 0 Å². The summed E-state index contributed by atoms with van der Waals surface area (Å²) in [6, 6.07) is 5.79. The predicted molar refractivity (Wildman–Crippen MR) is 127 cm³/mol. The largest absolute Gasteiger partial charge is 0.453 e. The van der Waals surface area contributed by atoms with Crippen LogP contribution in [0, 0.1) is 18.2 Å². The molecule has 1 fully saturated rings. The number of ether oxygens (including phenoxy) is 1. The molecular formula is C25H32FN5O2. The van der Waals surface area contributed by atoms with Crippen LogP contribution < -0.4 is 15.8 Å². The van der Waals surface area contributed by atoms with Crippen LogP contribution in [0.1, 0.15) is 43.9 Å². The smallest absolute Gasteiger partial charge is 0.222 e. The highest BCUT2D eigenvalue weighted by molar-refractivity contribution is 5.86. The van der Waals surface area contributed by atoms with Gasteiger partial charge in [-0.3, -0.25) is 4.79 Å². The number of nitrogens with two attached hydrogens (primary N) is 1. The van der Waals surface area contributed by atoms with E-state index < -0.39 is 11.9 Å². The second kappa shape index (κ2) is 9.11. The van der Waals surface area contributed by atoms with Crippen LogP contribution in [0.4, 0.5) is 4.39 Å². The molecule has 2 atom stereocenters. The Hall–Kier alpha value is -2.97. The lowest BCUT2D eigenvalue weighted by atomic mass is 9.79. The molecule has 7 nitrogen and oxygen atoms in total. The molecular weight excluding hydrogens is 421 g/mol. The number of amides is 1. The van der Waals surface area contributed by atoms with E-state index in [2.05, 4.69) is 41.1 Å². The van der Waals surface area contributed by atoms with Gasteiger partial charge < -0.3 is 25.7 Å². The van der Waals surface area contributed by atoms with Crippen LogP contribution in [0.25, 0.3) is 11.0 Å². The Morgan fingerprint density at radius 1 is 1.39 bits per heavy atom. The fourth-order valence-corrected chi connectivity index (χ4v) is 4.68. The van der Waals surface area contributed by atoms with Crippen molar-refractivity contribution in [3.8, 4) is 11.5 Å². The first-order chi connectivity index (χ1) is 15.6. The molecule has 2 aromatic heterocycles. The van der Waals surface area contributed by atoms with Gasteiger partial charge >= 0.3 is 0 Å². The van der Waals surface area contributed by atoms with E-state index in [-0.39, 0.29) is 29.5 Å². The molecule has 1 amide bonds. The molecule has 2 unspecified atom stereocenters. The highest BCUT2D eigenvalue weighted by atomic mass is 19.1. The standard InChI is InChI=1S/C25H32FN5O2/c1-15-13-29-24-23(15)20(7-9-28-24)33-19-6-5-16(11-17(19)26)18(27)12-22(32)30-21-8-10-31(4)14-25(21,2)3/h5-7,9,11,13,18,21H,8,10,12,14,27H2,1-4H3,(H,28,29)(H,30,32). The summed E-state index contributed by atoms with van der Waals surface area (Å²) >= 11 is 0. The fraction of sp³-hybridized carbons (Fsp3) is 0.440. The molecule has 8 heteroatoms. The zero-order chi connectivity index (χ0) is 23.8. The van der Waals surface area contributed by atoms with Gasteiger partial charge in [-0.25, -0.2) is 9.37 Å². The fourth-order valence-electron chi connectivity index (χ4n) is 4.68. The topological polar surface area (TPSA) is 96.3 Å². The molecule has 4 N–H and O–H groups in total. The molecule has 1 aromatic carbocycles. The second-order valence-electron chi connectivity index (χ2n) is 9.74.